The molecule has 0 saturated heterocycles. The normalized spacial score (nSPS) is 13.4. The molecule has 1 nitrogen and oxygen atoms in total. The number of hydrogen-bond acceptors (Lipinski definition) is 1. The number of nitrogens with zero attached hydrogens (tertiary/aromatic N) is 1. The fourth-order valence-corrected chi connectivity index (χ4v) is 12.4. The summed E-state index contributed by atoms with van der Waals surface area (Å²) in [7, 11) is 0. The van der Waals surface area contributed by atoms with Crippen LogP contribution in [0.4, 0.5) is 17.1 Å². The largest absolute Gasteiger partial charge is 0.310 e. The first-order valence-electron chi connectivity index (χ1n) is 24.8. The van der Waals surface area contributed by atoms with Gasteiger partial charge in [-0.2, -0.15) is 0 Å². The summed E-state index contributed by atoms with van der Waals surface area (Å²) in [5, 5.41) is 0. The van der Waals surface area contributed by atoms with E-state index in [2.05, 4.69) is 292 Å². The Labute approximate surface area is 417 Å². The molecule has 0 saturated carbocycles. The van der Waals surface area contributed by atoms with Gasteiger partial charge in [0.15, 0.2) is 0 Å². The van der Waals surface area contributed by atoms with Crippen LogP contribution in [0.15, 0.2) is 273 Å². The van der Waals surface area contributed by atoms with Gasteiger partial charge in [-0.25, -0.2) is 0 Å². The molecule has 2 aliphatic carbocycles. The zero-order chi connectivity index (χ0) is 47.5. The van der Waals surface area contributed by atoms with Crippen molar-refractivity contribution in [1.82, 2.24) is 0 Å². The van der Waals surface area contributed by atoms with Gasteiger partial charge in [-0.15, -0.1) is 0 Å². The molecule has 0 unspecified atom stereocenters. The fraction of sp³-hybridized carbons (Fsp3) is 0.0571. The van der Waals surface area contributed by atoms with Crippen molar-refractivity contribution < 1.29 is 0 Å². The topological polar surface area (TPSA) is 3.24 Å². The highest BCUT2D eigenvalue weighted by Gasteiger charge is 2.48. The maximum absolute atomic E-state index is 2.49. The number of aryl methyl sites for hydroxylation is 2. The van der Waals surface area contributed by atoms with Crippen LogP contribution in [-0.4, -0.2) is 0 Å². The highest BCUT2D eigenvalue weighted by atomic mass is 15.1. The molecule has 0 N–H and O–H groups in total. The van der Waals surface area contributed by atoms with E-state index in [4.69, 9.17) is 0 Å². The van der Waals surface area contributed by atoms with E-state index in [1.54, 1.807) is 0 Å². The summed E-state index contributed by atoms with van der Waals surface area (Å²) in [6.07, 6.45) is 0. The van der Waals surface area contributed by atoms with Crippen molar-refractivity contribution in [3.8, 4) is 44.5 Å². The van der Waals surface area contributed by atoms with Crippen molar-refractivity contribution in [2.24, 2.45) is 0 Å². The summed E-state index contributed by atoms with van der Waals surface area (Å²) in [5.74, 6) is 0. The summed E-state index contributed by atoms with van der Waals surface area (Å²) in [6, 6.07) is 102. The van der Waals surface area contributed by atoms with E-state index in [0.29, 0.717) is 0 Å². The van der Waals surface area contributed by atoms with Crippen LogP contribution in [0.25, 0.3) is 44.5 Å². The molecule has 1 heteroatoms. The standard InChI is InChI=1S/C70H51N/c1-48-42-49(2)44-53(43-48)52-21-19-20-51(45-52)50-34-36-58(37-35-50)71(59-38-40-63-61-30-15-17-32-65(61)69(67(63)46-59,54-22-7-3-8-23-54)55-24-9-4-10-25-55)60-39-41-64-62-31-16-18-33-66(62)70(68(64)47-60,56-26-11-5-12-27-56)57-28-13-6-14-29-57/h3-47H,1-2H3. The fourth-order valence-electron chi connectivity index (χ4n) is 12.4. The van der Waals surface area contributed by atoms with Crippen LogP contribution in [0.5, 0.6) is 0 Å². The number of anilines is 3. The Morgan fingerprint density at radius 2 is 0.606 bits per heavy atom. The van der Waals surface area contributed by atoms with Gasteiger partial charge in [-0.05, 0) is 145 Å². The molecular weight excluding hydrogens is 855 g/mol. The maximum Gasteiger partial charge on any atom is 0.0714 e. The highest BCUT2D eigenvalue weighted by Crippen LogP contribution is 2.59. The lowest BCUT2D eigenvalue weighted by Crippen LogP contribution is -2.29. The summed E-state index contributed by atoms with van der Waals surface area (Å²) >= 11 is 0. The van der Waals surface area contributed by atoms with Gasteiger partial charge in [0, 0.05) is 17.1 Å². The van der Waals surface area contributed by atoms with E-state index in [9.17, 15) is 0 Å². The van der Waals surface area contributed by atoms with Gasteiger partial charge in [0.1, 0.15) is 0 Å². The first kappa shape index (κ1) is 42.3. The third-order valence-corrected chi connectivity index (χ3v) is 15.3. The van der Waals surface area contributed by atoms with E-state index < -0.39 is 10.8 Å². The molecule has 71 heavy (non-hydrogen) atoms. The minimum Gasteiger partial charge on any atom is -0.310 e. The summed E-state index contributed by atoms with van der Waals surface area (Å²) < 4.78 is 0. The van der Waals surface area contributed by atoms with Gasteiger partial charge in [0.2, 0.25) is 0 Å². The highest BCUT2D eigenvalue weighted by molar-refractivity contribution is 5.92. The van der Waals surface area contributed by atoms with Gasteiger partial charge in [0.05, 0.1) is 10.8 Å². The second-order valence-electron chi connectivity index (χ2n) is 19.4. The third-order valence-electron chi connectivity index (χ3n) is 15.3. The van der Waals surface area contributed by atoms with Crippen LogP contribution < -0.4 is 4.90 Å². The second kappa shape index (κ2) is 17.0. The molecule has 0 fully saturated rings. The molecular formula is C70H51N. The Hall–Kier alpha value is -8.78. The van der Waals surface area contributed by atoms with Crippen LogP contribution >= 0.6 is 0 Å². The average molecular weight is 906 g/mol. The molecule has 0 aromatic heterocycles. The lowest BCUT2D eigenvalue weighted by atomic mass is 9.67. The molecule has 11 aromatic rings. The molecule has 336 valence electrons. The average Bonchev–Trinajstić information content (AvgIpc) is 3.90. The number of hydrogen-bond donors (Lipinski definition) is 0. The molecule has 0 bridgehead atoms. The third kappa shape index (κ3) is 6.68. The van der Waals surface area contributed by atoms with Gasteiger partial charge in [-0.3, -0.25) is 0 Å². The van der Waals surface area contributed by atoms with Crippen molar-refractivity contribution in [3.05, 3.63) is 329 Å². The van der Waals surface area contributed by atoms with Crippen molar-refractivity contribution in [1.29, 1.82) is 0 Å². The lowest BCUT2D eigenvalue weighted by molar-refractivity contribution is 0.767. The Balaban J connectivity index is 1.04. The van der Waals surface area contributed by atoms with Gasteiger partial charge < -0.3 is 4.90 Å². The van der Waals surface area contributed by atoms with Crippen molar-refractivity contribution in [2.75, 3.05) is 4.90 Å². The smallest absolute Gasteiger partial charge is 0.0714 e. The van der Waals surface area contributed by atoms with Crippen molar-refractivity contribution in [3.63, 3.8) is 0 Å². The van der Waals surface area contributed by atoms with Crippen molar-refractivity contribution >= 4 is 17.1 Å². The zero-order valence-corrected chi connectivity index (χ0v) is 39.9. The molecule has 0 spiro atoms. The Morgan fingerprint density at radius 3 is 1.04 bits per heavy atom. The van der Waals surface area contributed by atoms with Gasteiger partial charge in [0.25, 0.3) is 0 Å². The Bertz CT molecular complexity index is 3480. The van der Waals surface area contributed by atoms with E-state index in [1.165, 1.54) is 100 Å². The predicted molar refractivity (Wildman–Crippen MR) is 296 cm³/mol. The monoisotopic (exact) mass is 905 g/mol. The Kier molecular flexibility index (Phi) is 10.1. The SMILES string of the molecule is Cc1cc(C)cc(-c2cccc(-c3ccc(N(c4ccc5c(c4)C(c4ccccc4)(c4ccccc4)c4ccccc4-5)c4ccc5c(c4)C(c4ccccc4)(c4ccccc4)c4ccccc4-5)cc3)c2)c1. The van der Waals surface area contributed by atoms with Crippen molar-refractivity contribution in [2.45, 2.75) is 24.7 Å². The second-order valence-corrected chi connectivity index (χ2v) is 19.4. The van der Waals surface area contributed by atoms with Gasteiger partial charge >= 0.3 is 0 Å². The molecule has 0 aliphatic heterocycles. The molecule has 11 aromatic carbocycles. The lowest BCUT2D eigenvalue weighted by Gasteiger charge is -2.36. The molecule has 0 heterocycles. The minimum atomic E-state index is -0.545. The zero-order valence-electron chi connectivity index (χ0n) is 39.9. The number of rotatable bonds is 9. The quantitative estimate of drug-likeness (QED) is 0.139. The maximum atomic E-state index is 2.49. The molecule has 2 aliphatic rings. The first-order chi connectivity index (χ1) is 35.0. The molecule has 13 rings (SSSR count). The predicted octanol–water partition coefficient (Wildman–Crippen LogP) is 17.8. The summed E-state index contributed by atoms with van der Waals surface area (Å²) in [6.45, 7) is 4.36. The van der Waals surface area contributed by atoms with Crippen LogP contribution in [-0.2, 0) is 10.8 Å². The van der Waals surface area contributed by atoms with Crippen LogP contribution in [0.3, 0.4) is 0 Å². The van der Waals surface area contributed by atoms with E-state index in [1.807, 2.05) is 0 Å². The van der Waals surface area contributed by atoms with E-state index in [-0.39, 0.29) is 0 Å². The van der Waals surface area contributed by atoms with Gasteiger partial charge in [-0.1, -0.05) is 242 Å². The number of fused-ring (bicyclic) bond motifs is 6. The molecule has 0 radical (unpaired) electrons. The Morgan fingerprint density at radius 1 is 0.239 bits per heavy atom. The molecule has 0 atom stereocenters. The van der Waals surface area contributed by atoms with E-state index in [0.717, 1.165) is 17.1 Å². The first-order valence-corrected chi connectivity index (χ1v) is 24.8. The van der Waals surface area contributed by atoms with E-state index >= 15 is 0 Å². The molecule has 0 amide bonds. The minimum absolute atomic E-state index is 0.545. The summed E-state index contributed by atoms with van der Waals surface area (Å²) in [4.78, 5) is 2.49. The van der Waals surface area contributed by atoms with Crippen LogP contribution in [0.2, 0.25) is 0 Å². The van der Waals surface area contributed by atoms with Crippen LogP contribution in [0.1, 0.15) is 55.6 Å². The summed E-state index contributed by atoms with van der Waals surface area (Å²) in [5.41, 5.74) is 24.8. The van der Waals surface area contributed by atoms with Crippen LogP contribution in [0, 0.1) is 13.8 Å². The number of benzene rings is 11.